The van der Waals surface area contributed by atoms with E-state index >= 15 is 0 Å². The maximum atomic E-state index is 12.3. The first-order valence-electron chi connectivity index (χ1n) is 8.65. The Kier molecular flexibility index (Phi) is 6.45. The molecule has 0 aliphatic rings. The van der Waals surface area contributed by atoms with Crippen LogP contribution in [0.4, 0.5) is 0 Å². The zero-order valence-electron chi connectivity index (χ0n) is 14.4. The van der Waals surface area contributed by atoms with Crippen molar-refractivity contribution in [2.45, 2.75) is 31.9 Å². The number of hydrogen-bond acceptors (Lipinski definition) is 3. The molecular formula is C21H21ClN2O2. The lowest BCUT2D eigenvalue weighted by Crippen LogP contribution is -2.16. The molecule has 0 aliphatic heterocycles. The topological polar surface area (TPSA) is 44.1 Å². The summed E-state index contributed by atoms with van der Waals surface area (Å²) in [5.41, 5.74) is 2.15. The van der Waals surface area contributed by atoms with Crippen molar-refractivity contribution < 1.29 is 9.53 Å². The fourth-order valence-electron chi connectivity index (χ4n) is 2.77. The maximum Gasteiger partial charge on any atom is 0.306 e. The number of aryl methyl sites for hydroxylation is 1. The third-order valence-corrected chi connectivity index (χ3v) is 4.39. The van der Waals surface area contributed by atoms with Gasteiger partial charge in [0, 0.05) is 23.8 Å². The highest BCUT2D eigenvalue weighted by Gasteiger charge is 2.17. The van der Waals surface area contributed by atoms with Crippen molar-refractivity contribution in [3.8, 4) is 0 Å². The number of nitrogens with zero attached hydrogens (tertiary/aromatic N) is 2. The van der Waals surface area contributed by atoms with Crippen LogP contribution in [0.3, 0.4) is 0 Å². The van der Waals surface area contributed by atoms with Gasteiger partial charge in [-0.1, -0.05) is 54.1 Å². The van der Waals surface area contributed by atoms with Gasteiger partial charge in [-0.3, -0.25) is 4.79 Å². The summed E-state index contributed by atoms with van der Waals surface area (Å²) in [6.45, 7) is 0.520. The van der Waals surface area contributed by atoms with Gasteiger partial charge in [0.2, 0.25) is 0 Å². The Labute approximate surface area is 158 Å². The summed E-state index contributed by atoms with van der Waals surface area (Å²) in [7, 11) is 0. The van der Waals surface area contributed by atoms with Crippen LogP contribution in [0.1, 0.15) is 30.1 Å². The lowest BCUT2D eigenvalue weighted by Gasteiger charge is -2.19. The molecule has 134 valence electrons. The van der Waals surface area contributed by atoms with Crippen molar-refractivity contribution in [1.82, 2.24) is 9.55 Å². The molecule has 0 amide bonds. The SMILES string of the molecule is O=C(CCCc1ccccc1)OC(Cn1ccnc1)c1ccc(Cl)cc1. The molecule has 0 spiro atoms. The fraction of sp³-hybridized carbons (Fsp3) is 0.238. The van der Waals surface area contributed by atoms with E-state index in [0.29, 0.717) is 18.0 Å². The molecule has 0 radical (unpaired) electrons. The van der Waals surface area contributed by atoms with Gasteiger partial charge in [0.25, 0.3) is 0 Å². The first kappa shape index (κ1) is 18.2. The van der Waals surface area contributed by atoms with Crippen LogP contribution in [-0.4, -0.2) is 15.5 Å². The third kappa shape index (κ3) is 5.46. The Morgan fingerprint density at radius 3 is 2.58 bits per heavy atom. The normalized spacial score (nSPS) is 11.9. The Morgan fingerprint density at radius 2 is 1.88 bits per heavy atom. The summed E-state index contributed by atoms with van der Waals surface area (Å²) in [6.07, 6.45) is 6.93. The van der Waals surface area contributed by atoms with Gasteiger partial charge >= 0.3 is 5.97 Å². The van der Waals surface area contributed by atoms with Crippen molar-refractivity contribution in [3.63, 3.8) is 0 Å². The van der Waals surface area contributed by atoms with Gasteiger partial charge in [-0.25, -0.2) is 4.98 Å². The average molecular weight is 369 g/mol. The number of hydrogen-bond donors (Lipinski definition) is 0. The second kappa shape index (κ2) is 9.20. The lowest BCUT2D eigenvalue weighted by atomic mass is 10.1. The minimum atomic E-state index is -0.370. The summed E-state index contributed by atoms with van der Waals surface area (Å²) < 4.78 is 7.66. The number of imidazole rings is 1. The number of ether oxygens (including phenoxy) is 1. The second-order valence-electron chi connectivity index (χ2n) is 6.13. The molecule has 0 saturated heterocycles. The minimum absolute atomic E-state index is 0.194. The summed E-state index contributed by atoms with van der Waals surface area (Å²) in [5, 5.41) is 0.657. The van der Waals surface area contributed by atoms with Crippen molar-refractivity contribution >= 4 is 17.6 Å². The maximum absolute atomic E-state index is 12.3. The molecule has 26 heavy (non-hydrogen) atoms. The molecule has 1 unspecified atom stereocenters. The van der Waals surface area contributed by atoms with E-state index in [-0.39, 0.29) is 12.1 Å². The molecule has 0 aliphatic carbocycles. The Hall–Kier alpha value is -2.59. The van der Waals surface area contributed by atoms with E-state index in [1.54, 1.807) is 24.7 Å². The van der Waals surface area contributed by atoms with Crippen LogP contribution < -0.4 is 0 Å². The van der Waals surface area contributed by atoms with Gasteiger partial charge in [-0.2, -0.15) is 0 Å². The predicted octanol–water partition coefficient (Wildman–Crippen LogP) is 4.84. The van der Waals surface area contributed by atoms with Crippen molar-refractivity contribution in [3.05, 3.63) is 89.5 Å². The highest BCUT2D eigenvalue weighted by Crippen LogP contribution is 2.23. The van der Waals surface area contributed by atoms with Crippen molar-refractivity contribution in [2.75, 3.05) is 0 Å². The van der Waals surface area contributed by atoms with Gasteiger partial charge in [0.1, 0.15) is 6.10 Å². The van der Waals surface area contributed by atoms with Crippen LogP contribution in [-0.2, 0) is 22.5 Å². The molecule has 0 N–H and O–H groups in total. The third-order valence-electron chi connectivity index (χ3n) is 4.14. The summed E-state index contributed by atoms with van der Waals surface area (Å²) in [5.74, 6) is -0.194. The molecule has 2 aromatic carbocycles. The van der Waals surface area contributed by atoms with Crippen LogP contribution in [0.5, 0.6) is 0 Å². The molecule has 1 heterocycles. The standard InChI is InChI=1S/C21H21ClN2O2/c22-19-11-9-18(10-12-19)20(15-24-14-13-23-16-24)26-21(25)8-4-7-17-5-2-1-3-6-17/h1-3,5-6,9-14,16,20H,4,7-8,15H2. The Balaban J connectivity index is 1.59. The van der Waals surface area contributed by atoms with E-state index < -0.39 is 0 Å². The van der Waals surface area contributed by atoms with Gasteiger partial charge in [-0.15, -0.1) is 0 Å². The number of aromatic nitrogens is 2. The first-order chi connectivity index (χ1) is 12.7. The number of rotatable bonds is 8. The zero-order chi connectivity index (χ0) is 18.2. The zero-order valence-corrected chi connectivity index (χ0v) is 15.2. The highest BCUT2D eigenvalue weighted by molar-refractivity contribution is 6.30. The molecule has 3 rings (SSSR count). The molecule has 1 atom stereocenters. The molecule has 3 aromatic rings. The smallest absolute Gasteiger partial charge is 0.306 e. The van der Waals surface area contributed by atoms with Crippen LogP contribution in [0, 0.1) is 0 Å². The van der Waals surface area contributed by atoms with Gasteiger partial charge in [0.05, 0.1) is 12.9 Å². The average Bonchev–Trinajstić information content (AvgIpc) is 3.16. The molecule has 0 saturated carbocycles. The first-order valence-corrected chi connectivity index (χ1v) is 9.03. The van der Waals surface area contributed by atoms with E-state index in [1.807, 2.05) is 41.1 Å². The van der Waals surface area contributed by atoms with Crippen LogP contribution in [0.15, 0.2) is 73.3 Å². The van der Waals surface area contributed by atoms with E-state index in [0.717, 1.165) is 18.4 Å². The number of carbonyl (C=O) groups is 1. The fourth-order valence-corrected chi connectivity index (χ4v) is 2.90. The molecule has 4 nitrogen and oxygen atoms in total. The van der Waals surface area contributed by atoms with Crippen LogP contribution in [0.2, 0.25) is 5.02 Å². The van der Waals surface area contributed by atoms with Gasteiger partial charge in [0.15, 0.2) is 0 Å². The van der Waals surface area contributed by atoms with Crippen molar-refractivity contribution in [2.24, 2.45) is 0 Å². The lowest BCUT2D eigenvalue weighted by molar-refractivity contribution is -0.150. The Bertz CT molecular complexity index is 802. The predicted molar refractivity (Wildman–Crippen MR) is 102 cm³/mol. The summed E-state index contributed by atoms with van der Waals surface area (Å²) in [6, 6.07) is 17.5. The van der Waals surface area contributed by atoms with Crippen LogP contribution >= 0.6 is 11.6 Å². The highest BCUT2D eigenvalue weighted by atomic mass is 35.5. The summed E-state index contributed by atoms with van der Waals surface area (Å²) in [4.78, 5) is 16.4. The molecule has 0 bridgehead atoms. The van der Waals surface area contributed by atoms with Crippen LogP contribution in [0.25, 0.3) is 0 Å². The molecule has 1 aromatic heterocycles. The number of carbonyl (C=O) groups excluding carboxylic acids is 1. The van der Waals surface area contributed by atoms with E-state index in [1.165, 1.54) is 5.56 Å². The largest absolute Gasteiger partial charge is 0.456 e. The van der Waals surface area contributed by atoms with E-state index in [2.05, 4.69) is 17.1 Å². The van der Waals surface area contributed by atoms with E-state index in [4.69, 9.17) is 16.3 Å². The minimum Gasteiger partial charge on any atom is -0.456 e. The molecule has 0 fully saturated rings. The van der Waals surface area contributed by atoms with Crippen molar-refractivity contribution in [1.29, 1.82) is 0 Å². The number of esters is 1. The monoisotopic (exact) mass is 368 g/mol. The number of halogens is 1. The van der Waals surface area contributed by atoms with E-state index in [9.17, 15) is 4.79 Å². The summed E-state index contributed by atoms with van der Waals surface area (Å²) >= 11 is 5.97. The quantitative estimate of drug-likeness (QED) is 0.534. The second-order valence-corrected chi connectivity index (χ2v) is 6.57. The van der Waals surface area contributed by atoms with Gasteiger partial charge in [-0.05, 0) is 36.1 Å². The molecule has 5 heteroatoms. The van der Waals surface area contributed by atoms with Gasteiger partial charge < -0.3 is 9.30 Å². The Morgan fingerprint density at radius 1 is 1.12 bits per heavy atom. The number of benzene rings is 2. The molecular weight excluding hydrogens is 348 g/mol.